The molecule has 1 amide bonds. The van der Waals surface area contributed by atoms with Gasteiger partial charge in [-0.2, -0.15) is 13.2 Å². The number of rotatable bonds is 5. The molecule has 0 unspecified atom stereocenters. The lowest BCUT2D eigenvalue weighted by molar-refractivity contribution is -0.137. The van der Waals surface area contributed by atoms with Crippen molar-refractivity contribution in [2.75, 3.05) is 6.54 Å². The van der Waals surface area contributed by atoms with Crippen molar-refractivity contribution in [3.63, 3.8) is 0 Å². The zero-order chi connectivity index (χ0) is 25.0. The third kappa shape index (κ3) is 4.36. The van der Waals surface area contributed by atoms with Crippen LogP contribution in [-0.2, 0) is 29.0 Å². The van der Waals surface area contributed by atoms with Crippen LogP contribution in [0.2, 0.25) is 0 Å². The third-order valence-electron chi connectivity index (χ3n) is 6.28. The monoisotopic (exact) mass is 503 g/mol. The van der Waals surface area contributed by atoms with E-state index in [1.165, 1.54) is 11.1 Å². The molecule has 1 aliphatic heterocycles. The molecule has 1 saturated carbocycles. The van der Waals surface area contributed by atoms with Gasteiger partial charge in [-0.25, -0.2) is 13.4 Å². The molecule has 2 aromatic carbocycles. The minimum atomic E-state index is -4.49. The van der Waals surface area contributed by atoms with Gasteiger partial charge in [0.25, 0.3) is 5.91 Å². The molecule has 5 rings (SSSR count). The van der Waals surface area contributed by atoms with Crippen molar-refractivity contribution < 1.29 is 31.2 Å². The molecule has 2 aliphatic rings. The predicted molar refractivity (Wildman–Crippen MR) is 119 cm³/mol. The Hall–Kier alpha value is -3.47. The SMILES string of the molecule is O=C(c1ccc(C(F)(F)F)cc1)c1cccc2c1CCN(C(=O)c1c[nH]c(S(=O)(=O)C3CC3)n1)C2. The summed E-state index contributed by atoms with van der Waals surface area (Å²) in [6.45, 7) is 0.473. The Bertz CT molecular complexity index is 1420. The van der Waals surface area contributed by atoms with Crippen molar-refractivity contribution in [3.05, 3.63) is 82.2 Å². The molecule has 11 heteroatoms. The number of nitrogens with one attached hydrogen (secondary N) is 1. The molecular formula is C24H20F3N3O4S. The predicted octanol–water partition coefficient (Wildman–Crippen LogP) is 3.79. The molecule has 1 aliphatic carbocycles. The van der Waals surface area contributed by atoms with Gasteiger partial charge in [0.2, 0.25) is 15.0 Å². The average molecular weight is 504 g/mol. The van der Waals surface area contributed by atoms with Gasteiger partial charge < -0.3 is 9.88 Å². The van der Waals surface area contributed by atoms with E-state index in [4.69, 9.17) is 0 Å². The van der Waals surface area contributed by atoms with E-state index in [9.17, 15) is 31.2 Å². The van der Waals surface area contributed by atoms with Crippen LogP contribution in [-0.4, -0.2) is 46.8 Å². The molecule has 2 heterocycles. The van der Waals surface area contributed by atoms with E-state index in [1.807, 2.05) is 0 Å². The van der Waals surface area contributed by atoms with Crippen molar-refractivity contribution in [3.8, 4) is 0 Å². The molecule has 0 radical (unpaired) electrons. The lowest BCUT2D eigenvalue weighted by atomic mass is 9.90. The van der Waals surface area contributed by atoms with Crippen molar-refractivity contribution in [1.82, 2.24) is 14.9 Å². The van der Waals surface area contributed by atoms with Crippen LogP contribution in [0.5, 0.6) is 0 Å². The number of aromatic nitrogens is 2. The van der Waals surface area contributed by atoms with Crippen LogP contribution in [0.15, 0.2) is 53.8 Å². The first-order chi connectivity index (χ1) is 16.6. The number of benzene rings is 2. The third-order valence-corrected chi connectivity index (χ3v) is 8.38. The van der Waals surface area contributed by atoms with Gasteiger partial charge in [0.1, 0.15) is 5.69 Å². The van der Waals surface area contributed by atoms with Crippen LogP contribution in [0.3, 0.4) is 0 Å². The highest BCUT2D eigenvalue weighted by Crippen LogP contribution is 2.33. The van der Waals surface area contributed by atoms with Crippen LogP contribution < -0.4 is 0 Å². The van der Waals surface area contributed by atoms with E-state index < -0.39 is 38.5 Å². The first kappa shape index (κ1) is 23.3. The number of carbonyl (C=O) groups excluding carboxylic acids is 2. The number of carbonyl (C=O) groups is 2. The molecule has 1 fully saturated rings. The Morgan fingerprint density at radius 3 is 2.43 bits per heavy atom. The highest BCUT2D eigenvalue weighted by atomic mass is 32.2. The number of hydrogen-bond acceptors (Lipinski definition) is 5. The smallest absolute Gasteiger partial charge is 0.335 e. The Balaban J connectivity index is 1.35. The molecule has 0 saturated heterocycles. The minimum Gasteiger partial charge on any atom is -0.335 e. The molecule has 0 spiro atoms. The van der Waals surface area contributed by atoms with Crippen molar-refractivity contribution in [2.45, 2.75) is 42.4 Å². The molecule has 1 N–H and O–H groups in total. The topological polar surface area (TPSA) is 100 Å². The fraction of sp³-hybridized carbons (Fsp3) is 0.292. The summed E-state index contributed by atoms with van der Waals surface area (Å²) in [5.41, 5.74) is 1.18. The van der Waals surface area contributed by atoms with Crippen molar-refractivity contribution >= 4 is 21.5 Å². The molecule has 0 bridgehead atoms. The van der Waals surface area contributed by atoms with E-state index in [0.717, 1.165) is 35.4 Å². The van der Waals surface area contributed by atoms with Gasteiger partial charge in [-0.1, -0.05) is 30.3 Å². The average Bonchev–Trinajstić information content (AvgIpc) is 3.59. The van der Waals surface area contributed by atoms with Crippen molar-refractivity contribution in [1.29, 1.82) is 0 Å². The fourth-order valence-corrected chi connectivity index (χ4v) is 5.74. The molecule has 35 heavy (non-hydrogen) atoms. The van der Waals surface area contributed by atoms with Crippen LogP contribution in [0, 0.1) is 0 Å². The second-order valence-corrected chi connectivity index (χ2v) is 10.8. The number of fused-ring (bicyclic) bond motifs is 1. The Morgan fingerprint density at radius 1 is 1.06 bits per heavy atom. The second-order valence-electron chi connectivity index (χ2n) is 8.66. The lowest BCUT2D eigenvalue weighted by Gasteiger charge is -2.29. The number of imidazole rings is 1. The summed E-state index contributed by atoms with van der Waals surface area (Å²) in [5, 5.41) is -0.649. The molecule has 1 aromatic heterocycles. The molecule has 0 atom stereocenters. The summed E-state index contributed by atoms with van der Waals surface area (Å²) < 4.78 is 63.2. The quantitative estimate of drug-likeness (QED) is 0.534. The molecule has 7 nitrogen and oxygen atoms in total. The number of ketones is 1. The van der Waals surface area contributed by atoms with Gasteiger partial charge in [0.15, 0.2) is 5.78 Å². The maximum Gasteiger partial charge on any atom is 0.416 e. The molecule has 182 valence electrons. The highest BCUT2D eigenvalue weighted by Gasteiger charge is 2.39. The Labute approximate surface area is 198 Å². The number of halogens is 3. The maximum atomic E-state index is 13.0. The van der Waals surface area contributed by atoms with Gasteiger partial charge in [-0.3, -0.25) is 9.59 Å². The van der Waals surface area contributed by atoms with Gasteiger partial charge in [-0.05, 0) is 42.5 Å². The van der Waals surface area contributed by atoms with Crippen LogP contribution in [0.25, 0.3) is 0 Å². The number of amides is 1. The summed E-state index contributed by atoms with van der Waals surface area (Å²) in [7, 11) is -3.55. The van der Waals surface area contributed by atoms with E-state index in [1.54, 1.807) is 18.2 Å². The molecule has 3 aromatic rings. The summed E-state index contributed by atoms with van der Waals surface area (Å²) in [4.78, 5) is 34.2. The summed E-state index contributed by atoms with van der Waals surface area (Å²) in [6, 6.07) is 9.15. The van der Waals surface area contributed by atoms with Gasteiger partial charge >= 0.3 is 6.18 Å². The number of hydrogen-bond donors (Lipinski definition) is 1. The zero-order valence-corrected chi connectivity index (χ0v) is 19.1. The van der Waals surface area contributed by atoms with Crippen LogP contribution >= 0.6 is 0 Å². The normalized spacial score (nSPS) is 16.1. The summed E-state index contributed by atoms with van der Waals surface area (Å²) in [5.74, 6) is -0.818. The first-order valence-corrected chi connectivity index (χ1v) is 12.5. The van der Waals surface area contributed by atoms with Crippen molar-refractivity contribution in [2.24, 2.45) is 0 Å². The fourth-order valence-electron chi connectivity index (χ4n) is 4.22. The van der Waals surface area contributed by atoms with E-state index >= 15 is 0 Å². The van der Waals surface area contributed by atoms with E-state index in [0.29, 0.717) is 24.8 Å². The summed E-state index contributed by atoms with van der Waals surface area (Å²) >= 11 is 0. The minimum absolute atomic E-state index is 0.00432. The second kappa shape index (κ2) is 8.33. The lowest BCUT2D eigenvalue weighted by Crippen LogP contribution is -2.36. The Morgan fingerprint density at radius 2 is 1.77 bits per heavy atom. The number of sulfone groups is 1. The van der Waals surface area contributed by atoms with E-state index in [2.05, 4.69) is 9.97 Å². The highest BCUT2D eigenvalue weighted by molar-refractivity contribution is 7.92. The first-order valence-electron chi connectivity index (χ1n) is 11.0. The standard InChI is InChI=1S/C24H20F3N3O4S/c25-24(26,27)16-6-4-14(5-7-16)21(31)19-3-1-2-15-13-30(11-10-18(15)19)22(32)20-12-28-23(29-20)35(33,34)17-8-9-17/h1-7,12,17H,8-11,13H2,(H,28,29). The van der Waals surface area contributed by atoms with Gasteiger partial charge in [0.05, 0.1) is 10.8 Å². The van der Waals surface area contributed by atoms with Crippen LogP contribution in [0.1, 0.15) is 55.9 Å². The van der Waals surface area contributed by atoms with E-state index in [-0.39, 0.29) is 29.5 Å². The number of H-pyrrole nitrogens is 1. The Kier molecular flexibility index (Phi) is 5.54. The van der Waals surface area contributed by atoms with Crippen LogP contribution in [0.4, 0.5) is 13.2 Å². The summed E-state index contributed by atoms with van der Waals surface area (Å²) in [6.07, 6.45) is -1.66. The number of alkyl halides is 3. The largest absolute Gasteiger partial charge is 0.416 e. The number of nitrogens with zero attached hydrogens (tertiary/aromatic N) is 2. The van der Waals surface area contributed by atoms with Gasteiger partial charge in [-0.15, -0.1) is 0 Å². The number of aromatic amines is 1. The zero-order valence-electron chi connectivity index (χ0n) is 18.3. The van der Waals surface area contributed by atoms with Gasteiger partial charge in [0, 0.05) is 30.4 Å². The maximum absolute atomic E-state index is 13.0. The molecular weight excluding hydrogens is 483 g/mol.